The zero-order valence-electron chi connectivity index (χ0n) is 14.5. The number of hydrogen-bond acceptors (Lipinski definition) is 5. The second-order valence-corrected chi connectivity index (χ2v) is 10.2. The lowest BCUT2D eigenvalue weighted by Crippen LogP contribution is -2.68. The summed E-state index contributed by atoms with van der Waals surface area (Å²) >= 11 is 0. The maximum absolute atomic E-state index is 12.6. The molecule has 1 saturated carbocycles. The Hall–Kier alpha value is -1.47. The van der Waals surface area contributed by atoms with E-state index in [1.54, 1.807) is 17.2 Å². The average Bonchev–Trinajstić information content (AvgIpc) is 3.30. The number of carbonyl (C=O) groups is 1. The first kappa shape index (κ1) is 17.0. The number of sulfone groups is 1. The van der Waals surface area contributed by atoms with Gasteiger partial charge in [-0.25, -0.2) is 8.42 Å². The number of carbonyl (C=O) groups excluding carboxylic acids is 1. The van der Waals surface area contributed by atoms with Gasteiger partial charge in [-0.3, -0.25) is 9.78 Å². The van der Waals surface area contributed by atoms with E-state index in [9.17, 15) is 13.2 Å². The van der Waals surface area contributed by atoms with Crippen LogP contribution in [0.2, 0.25) is 0 Å². The van der Waals surface area contributed by atoms with Crippen LogP contribution >= 0.6 is 0 Å². The van der Waals surface area contributed by atoms with E-state index in [2.05, 4.69) is 4.98 Å². The fourth-order valence-electron chi connectivity index (χ4n) is 3.93. The topological polar surface area (TPSA) is 76.6 Å². The van der Waals surface area contributed by atoms with Crippen molar-refractivity contribution in [2.75, 3.05) is 32.1 Å². The van der Waals surface area contributed by atoms with Crippen molar-refractivity contribution in [1.82, 2.24) is 9.88 Å². The third-order valence-electron chi connectivity index (χ3n) is 5.81. The van der Waals surface area contributed by atoms with Crippen LogP contribution in [0, 0.1) is 18.8 Å². The van der Waals surface area contributed by atoms with Crippen molar-refractivity contribution in [1.29, 1.82) is 0 Å². The van der Waals surface area contributed by atoms with Crippen LogP contribution in [0.4, 0.5) is 0 Å². The van der Waals surface area contributed by atoms with Gasteiger partial charge >= 0.3 is 0 Å². The zero-order chi connectivity index (χ0) is 17.7. The number of nitrogens with zero attached hydrogens (tertiary/aromatic N) is 2. The predicted molar refractivity (Wildman–Crippen MR) is 93.0 cm³/mol. The summed E-state index contributed by atoms with van der Waals surface area (Å²) in [7, 11) is -3.19. The molecule has 3 aliphatic rings. The number of hydrogen-bond donors (Lipinski definition) is 0. The Morgan fingerprint density at radius 3 is 2.76 bits per heavy atom. The lowest BCUT2D eigenvalue weighted by molar-refractivity contribution is 0.0225. The molecule has 1 amide bonds. The lowest BCUT2D eigenvalue weighted by atomic mass is 9.83. The molecule has 1 unspecified atom stereocenters. The largest absolute Gasteiger partial charge is 0.381 e. The summed E-state index contributed by atoms with van der Waals surface area (Å²) in [4.78, 5) is 18.3. The molecule has 6 nitrogen and oxygen atoms in total. The van der Waals surface area contributed by atoms with Crippen molar-refractivity contribution in [3.63, 3.8) is 0 Å². The Morgan fingerprint density at radius 2 is 2.08 bits per heavy atom. The molecule has 25 heavy (non-hydrogen) atoms. The number of aromatic nitrogens is 1. The second kappa shape index (κ2) is 6.06. The highest BCUT2D eigenvalue weighted by atomic mass is 32.2. The molecule has 1 spiro atoms. The molecule has 1 aliphatic carbocycles. The van der Waals surface area contributed by atoms with Crippen molar-refractivity contribution >= 4 is 15.7 Å². The van der Waals surface area contributed by atoms with E-state index in [1.165, 1.54) is 12.8 Å². The van der Waals surface area contributed by atoms with Crippen molar-refractivity contribution in [3.8, 4) is 0 Å². The van der Waals surface area contributed by atoms with Crippen molar-refractivity contribution in [2.45, 2.75) is 30.9 Å². The number of ether oxygens (including phenoxy) is 1. The van der Waals surface area contributed by atoms with Crippen molar-refractivity contribution < 1.29 is 17.9 Å². The maximum atomic E-state index is 12.6. The molecule has 7 heteroatoms. The predicted octanol–water partition coefficient (Wildman–Crippen LogP) is 1.45. The van der Waals surface area contributed by atoms with Crippen LogP contribution < -0.4 is 0 Å². The van der Waals surface area contributed by atoms with E-state index in [0.29, 0.717) is 24.6 Å². The Balaban J connectivity index is 1.44. The minimum absolute atomic E-state index is 0.00855. The fourth-order valence-corrected chi connectivity index (χ4v) is 6.33. The number of amides is 1. The van der Waals surface area contributed by atoms with Crippen LogP contribution in [-0.4, -0.2) is 61.0 Å². The lowest BCUT2D eigenvalue weighted by Gasteiger charge is -2.49. The SMILES string of the molecule is Cc1ccnc(C(=O)N2CC3(C2)C(COCC2CC2)CCS3(=O)=O)c1. The average molecular weight is 364 g/mol. The van der Waals surface area contributed by atoms with Gasteiger partial charge in [0.25, 0.3) is 5.91 Å². The standard InChI is InChI=1S/C18H24N2O4S/c1-13-4-6-19-16(8-13)17(21)20-11-18(12-20)15(5-7-25(18,22)23)10-24-9-14-2-3-14/h4,6,8,14-15H,2-3,5,7,9-12H2,1H3. The third kappa shape index (κ3) is 2.97. The van der Waals surface area contributed by atoms with Crippen LogP contribution in [0.15, 0.2) is 18.3 Å². The highest BCUT2D eigenvalue weighted by Gasteiger charge is 2.62. The highest BCUT2D eigenvalue weighted by molar-refractivity contribution is 7.93. The quantitative estimate of drug-likeness (QED) is 0.790. The number of aryl methyl sites for hydroxylation is 1. The highest BCUT2D eigenvalue weighted by Crippen LogP contribution is 2.45. The molecular weight excluding hydrogens is 340 g/mol. The Bertz CT molecular complexity index is 782. The molecular formula is C18H24N2O4S. The Labute approximate surface area is 148 Å². The summed E-state index contributed by atoms with van der Waals surface area (Å²) in [5, 5.41) is 0. The van der Waals surface area contributed by atoms with Crippen molar-refractivity contribution in [3.05, 3.63) is 29.6 Å². The van der Waals surface area contributed by atoms with Gasteiger partial charge in [-0.15, -0.1) is 0 Å². The summed E-state index contributed by atoms with van der Waals surface area (Å²) in [6.45, 7) is 3.66. The second-order valence-electron chi connectivity index (χ2n) is 7.73. The van der Waals surface area contributed by atoms with E-state index < -0.39 is 14.6 Å². The zero-order valence-corrected chi connectivity index (χ0v) is 15.3. The van der Waals surface area contributed by atoms with Gasteiger partial charge < -0.3 is 9.64 Å². The summed E-state index contributed by atoms with van der Waals surface area (Å²) in [5.41, 5.74) is 1.35. The summed E-state index contributed by atoms with van der Waals surface area (Å²) in [6.07, 6.45) is 4.69. The monoisotopic (exact) mass is 364 g/mol. The van der Waals surface area contributed by atoms with E-state index in [-0.39, 0.29) is 30.7 Å². The first-order valence-corrected chi connectivity index (χ1v) is 10.6. The minimum atomic E-state index is -3.19. The number of pyridine rings is 1. The van der Waals surface area contributed by atoms with E-state index in [0.717, 1.165) is 12.2 Å². The molecule has 3 fully saturated rings. The molecule has 2 saturated heterocycles. The van der Waals surface area contributed by atoms with Gasteiger partial charge in [0.15, 0.2) is 9.84 Å². The molecule has 0 aromatic carbocycles. The van der Waals surface area contributed by atoms with Gasteiger partial charge in [0, 0.05) is 31.8 Å². The van der Waals surface area contributed by atoms with E-state index in [1.807, 2.05) is 13.0 Å². The van der Waals surface area contributed by atoms with E-state index >= 15 is 0 Å². The fraction of sp³-hybridized carbons (Fsp3) is 0.667. The van der Waals surface area contributed by atoms with Gasteiger partial charge in [0.2, 0.25) is 0 Å². The first-order valence-electron chi connectivity index (χ1n) is 8.93. The van der Waals surface area contributed by atoms with Gasteiger partial charge in [0.05, 0.1) is 12.4 Å². The molecule has 0 bridgehead atoms. The minimum Gasteiger partial charge on any atom is -0.381 e. The molecule has 0 N–H and O–H groups in total. The molecule has 1 atom stereocenters. The Kier molecular flexibility index (Phi) is 4.11. The van der Waals surface area contributed by atoms with Gasteiger partial charge in [-0.05, 0) is 49.8 Å². The van der Waals surface area contributed by atoms with Gasteiger partial charge in [-0.2, -0.15) is 0 Å². The molecule has 1 aromatic heterocycles. The summed E-state index contributed by atoms with van der Waals surface area (Å²) in [5.74, 6) is 0.676. The first-order chi connectivity index (χ1) is 11.9. The number of likely N-dealkylation sites (tertiary alicyclic amines) is 1. The maximum Gasteiger partial charge on any atom is 0.272 e. The molecule has 1 aromatic rings. The van der Waals surface area contributed by atoms with Crippen LogP contribution in [0.3, 0.4) is 0 Å². The normalized spacial score (nSPS) is 26.6. The summed E-state index contributed by atoms with van der Waals surface area (Å²) < 4.78 is 30.2. The van der Waals surface area contributed by atoms with Crippen LogP contribution in [0.5, 0.6) is 0 Å². The molecule has 2 aliphatic heterocycles. The molecule has 3 heterocycles. The van der Waals surface area contributed by atoms with Crippen molar-refractivity contribution in [2.24, 2.45) is 11.8 Å². The summed E-state index contributed by atoms with van der Waals surface area (Å²) in [6, 6.07) is 3.58. The molecule has 4 rings (SSSR count). The van der Waals surface area contributed by atoms with Crippen LogP contribution in [0.25, 0.3) is 0 Å². The van der Waals surface area contributed by atoms with Crippen LogP contribution in [0.1, 0.15) is 35.3 Å². The van der Waals surface area contributed by atoms with Gasteiger partial charge in [-0.1, -0.05) is 0 Å². The molecule has 0 radical (unpaired) electrons. The van der Waals surface area contributed by atoms with E-state index in [4.69, 9.17) is 4.74 Å². The number of rotatable bonds is 5. The molecule has 136 valence electrons. The smallest absolute Gasteiger partial charge is 0.272 e. The third-order valence-corrected chi connectivity index (χ3v) is 8.41. The van der Waals surface area contributed by atoms with Gasteiger partial charge in [0.1, 0.15) is 10.4 Å². The van der Waals surface area contributed by atoms with Crippen LogP contribution in [-0.2, 0) is 14.6 Å². The Morgan fingerprint density at radius 1 is 1.32 bits per heavy atom.